The van der Waals surface area contributed by atoms with E-state index in [4.69, 9.17) is 24.1 Å². The molecule has 2 fully saturated rings. The zero-order chi connectivity index (χ0) is 18.0. The van der Waals surface area contributed by atoms with Crippen LogP contribution >= 0.6 is 0 Å². The molecule has 2 saturated heterocycles. The van der Waals surface area contributed by atoms with Gasteiger partial charge in [-0.05, 0) is 0 Å². The van der Waals surface area contributed by atoms with Crippen molar-refractivity contribution < 1.29 is 54.7 Å². The molecule has 11 nitrogen and oxygen atoms in total. The van der Waals surface area contributed by atoms with Crippen molar-refractivity contribution in [1.82, 2.24) is 0 Å². The predicted molar refractivity (Wildman–Crippen MR) is 73.4 cm³/mol. The third kappa shape index (κ3) is 3.71. The lowest BCUT2D eigenvalue weighted by atomic mass is 9.97. The molecule has 0 aromatic rings. The molecule has 11 heteroatoms. The van der Waals surface area contributed by atoms with Gasteiger partial charge in [-0.3, -0.25) is 0 Å². The van der Waals surface area contributed by atoms with Gasteiger partial charge in [-0.2, -0.15) is 0 Å². The van der Waals surface area contributed by atoms with E-state index < -0.39 is 74.6 Å². The van der Waals surface area contributed by atoms with E-state index in [9.17, 15) is 30.6 Å². The van der Waals surface area contributed by atoms with Crippen molar-refractivity contribution in [3.05, 3.63) is 0 Å². The zero-order valence-electron chi connectivity index (χ0n) is 13.0. The summed E-state index contributed by atoms with van der Waals surface area (Å²) in [4.78, 5) is 0. The van der Waals surface area contributed by atoms with Gasteiger partial charge < -0.3 is 54.7 Å². The third-order valence-electron chi connectivity index (χ3n) is 4.19. The van der Waals surface area contributed by atoms with Gasteiger partial charge in [-0.15, -0.1) is 0 Å². The first-order valence-corrected chi connectivity index (χ1v) is 7.46. The molecule has 7 N–H and O–H groups in total. The Labute approximate surface area is 137 Å². The lowest BCUT2D eigenvalue weighted by Crippen LogP contribution is -2.64. The molecule has 0 amide bonds. The number of methoxy groups -OCH3 is 1. The van der Waals surface area contributed by atoms with Crippen LogP contribution < -0.4 is 0 Å². The first kappa shape index (κ1) is 19.9. The molecule has 0 radical (unpaired) electrons. The van der Waals surface area contributed by atoms with Gasteiger partial charge in [0.2, 0.25) is 0 Å². The van der Waals surface area contributed by atoms with Crippen LogP contribution in [-0.4, -0.2) is 117 Å². The fourth-order valence-corrected chi connectivity index (χ4v) is 2.75. The van der Waals surface area contributed by atoms with E-state index >= 15 is 0 Å². The van der Waals surface area contributed by atoms with Crippen LogP contribution in [0.5, 0.6) is 0 Å². The summed E-state index contributed by atoms with van der Waals surface area (Å²) >= 11 is 0. The van der Waals surface area contributed by atoms with Gasteiger partial charge in [0.15, 0.2) is 12.6 Å². The molecular formula is C13H24O11. The van der Waals surface area contributed by atoms with Gasteiger partial charge in [-0.1, -0.05) is 0 Å². The van der Waals surface area contributed by atoms with Crippen LogP contribution in [0.4, 0.5) is 0 Å². The van der Waals surface area contributed by atoms with Crippen LogP contribution in [0.3, 0.4) is 0 Å². The van der Waals surface area contributed by atoms with E-state index in [-0.39, 0.29) is 0 Å². The Bertz CT molecular complexity index is 392. The van der Waals surface area contributed by atoms with Crippen molar-refractivity contribution >= 4 is 0 Å². The Kier molecular flexibility index (Phi) is 6.87. The Hall–Kier alpha value is -0.440. The monoisotopic (exact) mass is 356 g/mol. The molecular weight excluding hydrogens is 332 g/mol. The Morgan fingerprint density at radius 1 is 0.708 bits per heavy atom. The molecule has 0 aromatic heterocycles. The average Bonchev–Trinajstić information content (AvgIpc) is 2.59. The van der Waals surface area contributed by atoms with E-state index in [0.717, 1.165) is 0 Å². The summed E-state index contributed by atoms with van der Waals surface area (Å²) in [5, 5.41) is 68.0. The van der Waals surface area contributed by atoms with E-state index in [2.05, 4.69) is 0 Å². The van der Waals surface area contributed by atoms with Crippen molar-refractivity contribution in [1.29, 1.82) is 0 Å². The van der Waals surface area contributed by atoms with Gasteiger partial charge in [-0.25, -0.2) is 0 Å². The average molecular weight is 356 g/mol. The molecule has 0 aliphatic carbocycles. The van der Waals surface area contributed by atoms with Crippen LogP contribution in [0, 0.1) is 0 Å². The third-order valence-corrected chi connectivity index (χ3v) is 4.19. The summed E-state index contributed by atoms with van der Waals surface area (Å²) in [7, 11) is 1.24. The fourth-order valence-electron chi connectivity index (χ4n) is 2.75. The summed E-state index contributed by atoms with van der Waals surface area (Å²) in [6, 6.07) is 0. The van der Waals surface area contributed by atoms with Gasteiger partial charge >= 0.3 is 0 Å². The minimum atomic E-state index is -1.69. The predicted octanol–water partition coefficient (Wildman–Crippen LogP) is -4.74. The summed E-state index contributed by atoms with van der Waals surface area (Å²) in [5.74, 6) is 0. The van der Waals surface area contributed by atoms with Crippen molar-refractivity contribution in [3.8, 4) is 0 Å². The highest BCUT2D eigenvalue weighted by Crippen LogP contribution is 2.29. The van der Waals surface area contributed by atoms with Crippen molar-refractivity contribution in [3.63, 3.8) is 0 Å². The molecule has 2 aliphatic heterocycles. The number of aliphatic hydroxyl groups is 7. The second-order valence-electron chi connectivity index (χ2n) is 5.74. The molecule has 0 spiro atoms. The lowest BCUT2D eigenvalue weighted by Gasteiger charge is -2.45. The summed E-state index contributed by atoms with van der Waals surface area (Å²) < 4.78 is 20.6. The Morgan fingerprint density at radius 2 is 1.25 bits per heavy atom. The molecule has 10 atom stereocenters. The van der Waals surface area contributed by atoms with Crippen molar-refractivity contribution in [2.24, 2.45) is 0 Å². The van der Waals surface area contributed by atoms with E-state index in [1.54, 1.807) is 0 Å². The standard InChI is InChI=1S/C13H24O11/c1-21-12-10(20)8(18)11(5(3-15)23-12)24-13-9(19)7(17)6(16)4(2-14)22-13/h4-20H,2-3H2,1H3/t4-,5-,6-,7+,8-,9-,10-,11-,12+,13-/m1/s1. The SMILES string of the molecule is CO[C@H]1O[C@H](CO)[C@@H](O[C@H]2O[C@H](CO)[C@@H](O)[C@H](O)[C@H]2O)[C@H](O)[C@H]1O. The van der Waals surface area contributed by atoms with Crippen LogP contribution in [0.15, 0.2) is 0 Å². The Morgan fingerprint density at radius 3 is 1.79 bits per heavy atom. The molecule has 2 heterocycles. The van der Waals surface area contributed by atoms with Crippen LogP contribution in [0.1, 0.15) is 0 Å². The molecule has 0 unspecified atom stereocenters. The van der Waals surface area contributed by atoms with Gasteiger partial charge in [0.1, 0.15) is 48.8 Å². The molecule has 142 valence electrons. The van der Waals surface area contributed by atoms with E-state index in [1.807, 2.05) is 0 Å². The van der Waals surface area contributed by atoms with E-state index in [1.165, 1.54) is 7.11 Å². The quantitative estimate of drug-likeness (QED) is 0.251. The zero-order valence-corrected chi connectivity index (χ0v) is 13.0. The molecule has 0 bridgehead atoms. The molecule has 2 rings (SSSR count). The van der Waals surface area contributed by atoms with Gasteiger partial charge in [0.05, 0.1) is 13.2 Å². The minimum Gasteiger partial charge on any atom is -0.394 e. The Balaban J connectivity index is 2.12. The van der Waals surface area contributed by atoms with Crippen LogP contribution in [0.2, 0.25) is 0 Å². The minimum absolute atomic E-state index is 0.592. The normalized spacial score (nSPS) is 50.0. The van der Waals surface area contributed by atoms with Crippen LogP contribution in [-0.2, 0) is 18.9 Å². The summed E-state index contributed by atoms with van der Waals surface area (Å²) in [6.45, 7) is -1.24. The van der Waals surface area contributed by atoms with Crippen LogP contribution in [0.25, 0.3) is 0 Å². The summed E-state index contributed by atoms with van der Waals surface area (Å²) in [6.07, 6.45) is -14.3. The highest BCUT2D eigenvalue weighted by atomic mass is 16.7. The molecule has 2 aliphatic rings. The number of aliphatic hydroxyl groups excluding tert-OH is 7. The number of hydrogen-bond acceptors (Lipinski definition) is 11. The topological polar surface area (TPSA) is 179 Å². The highest BCUT2D eigenvalue weighted by Gasteiger charge is 2.50. The smallest absolute Gasteiger partial charge is 0.187 e. The number of rotatable bonds is 5. The second kappa shape index (κ2) is 8.29. The maximum atomic E-state index is 10.2. The second-order valence-corrected chi connectivity index (χ2v) is 5.74. The molecule has 0 aromatic carbocycles. The lowest BCUT2D eigenvalue weighted by molar-refractivity contribution is -0.357. The fraction of sp³-hybridized carbons (Fsp3) is 1.00. The van der Waals surface area contributed by atoms with Crippen molar-refractivity contribution in [2.45, 2.75) is 61.4 Å². The largest absolute Gasteiger partial charge is 0.394 e. The number of ether oxygens (including phenoxy) is 4. The number of hydrogen-bond donors (Lipinski definition) is 7. The maximum absolute atomic E-state index is 10.2. The van der Waals surface area contributed by atoms with Gasteiger partial charge in [0.25, 0.3) is 0 Å². The first-order valence-electron chi connectivity index (χ1n) is 7.46. The molecule has 0 saturated carbocycles. The highest BCUT2D eigenvalue weighted by molar-refractivity contribution is 4.93. The van der Waals surface area contributed by atoms with E-state index in [0.29, 0.717) is 0 Å². The van der Waals surface area contributed by atoms with Gasteiger partial charge in [0, 0.05) is 7.11 Å². The summed E-state index contributed by atoms with van der Waals surface area (Å²) in [5.41, 5.74) is 0. The molecule has 24 heavy (non-hydrogen) atoms. The van der Waals surface area contributed by atoms with Crippen molar-refractivity contribution in [2.75, 3.05) is 20.3 Å². The first-order chi connectivity index (χ1) is 11.3. The maximum Gasteiger partial charge on any atom is 0.187 e.